The molecule has 0 aromatic carbocycles. The van der Waals surface area contributed by atoms with Gasteiger partial charge in [-0.2, -0.15) is 0 Å². The Morgan fingerprint density at radius 2 is 2.56 bits per heavy atom. The van der Waals surface area contributed by atoms with Gasteiger partial charge in [-0.25, -0.2) is 0 Å². The molecule has 1 fully saturated rings. The van der Waals surface area contributed by atoms with E-state index < -0.39 is 0 Å². The van der Waals surface area contributed by atoms with Crippen molar-refractivity contribution < 1.29 is 4.79 Å². The summed E-state index contributed by atoms with van der Waals surface area (Å²) in [4.78, 5) is 10.7. The number of hydrogen-bond acceptors (Lipinski definition) is 1. The van der Waals surface area contributed by atoms with Crippen LogP contribution in [0.3, 0.4) is 0 Å². The van der Waals surface area contributed by atoms with Crippen LogP contribution in [-0.2, 0) is 4.79 Å². The standard InChI is InChI=1S/C7H9NO/c9-7-4-5-2-1-3-6(5)8-7/h1-2,5-6H,3-4H2,(H,8,9). The predicted octanol–water partition coefficient (Wildman–Crippen LogP) is 0.451. The van der Waals surface area contributed by atoms with Crippen LogP contribution in [0, 0.1) is 5.92 Å². The second-order valence-corrected chi connectivity index (χ2v) is 2.71. The molecule has 1 saturated heterocycles. The third-order valence-electron chi connectivity index (χ3n) is 2.06. The van der Waals surface area contributed by atoms with Gasteiger partial charge in [-0.15, -0.1) is 0 Å². The minimum atomic E-state index is 0.217. The molecule has 1 N–H and O–H groups in total. The Hall–Kier alpha value is -0.790. The summed E-state index contributed by atoms with van der Waals surface area (Å²) in [6.45, 7) is 0. The monoisotopic (exact) mass is 123 g/mol. The minimum absolute atomic E-state index is 0.217. The summed E-state index contributed by atoms with van der Waals surface area (Å²) in [5.41, 5.74) is 0. The number of amides is 1. The molecular weight excluding hydrogens is 114 g/mol. The quantitative estimate of drug-likeness (QED) is 0.465. The van der Waals surface area contributed by atoms with E-state index >= 15 is 0 Å². The summed E-state index contributed by atoms with van der Waals surface area (Å²) in [6, 6.07) is 0.442. The van der Waals surface area contributed by atoms with Crippen LogP contribution in [0.15, 0.2) is 12.2 Å². The molecule has 2 heteroatoms. The third-order valence-corrected chi connectivity index (χ3v) is 2.06. The van der Waals surface area contributed by atoms with Crippen LogP contribution in [0.5, 0.6) is 0 Å². The number of carbonyl (C=O) groups excluding carboxylic acids is 1. The molecule has 0 radical (unpaired) electrons. The highest BCUT2D eigenvalue weighted by Gasteiger charge is 2.32. The molecule has 48 valence electrons. The maximum absolute atomic E-state index is 10.7. The lowest BCUT2D eigenvalue weighted by Crippen LogP contribution is -2.25. The Bertz CT molecular complexity index is 174. The Balaban J connectivity index is 2.17. The molecule has 2 nitrogen and oxygen atoms in total. The average Bonchev–Trinajstić information content (AvgIpc) is 2.22. The van der Waals surface area contributed by atoms with Gasteiger partial charge in [-0.3, -0.25) is 4.79 Å². The Morgan fingerprint density at radius 3 is 3.33 bits per heavy atom. The van der Waals surface area contributed by atoms with E-state index in [4.69, 9.17) is 0 Å². The molecule has 0 aromatic rings. The molecule has 2 unspecified atom stereocenters. The second-order valence-electron chi connectivity index (χ2n) is 2.71. The maximum atomic E-state index is 10.7. The van der Waals surface area contributed by atoms with Gasteiger partial charge in [-0.05, 0) is 6.42 Å². The summed E-state index contributed by atoms with van der Waals surface area (Å²) in [6.07, 6.45) is 6.04. The van der Waals surface area contributed by atoms with Gasteiger partial charge in [0, 0.05) is 18.4 Å². The number of fused-ring (bicyclic) bond motifs is 1. The molecule has 0 spiro atoms. The van der Waals surface area contributed by atoms with Crippen molar-refractivity contribution in [1.82, 2.24) is 5.32 Å². The summed E-state index contributed by atoms with van der Waals surface area (Å²) in [5, 5.41) is 2.91. The molecule has 0 saturated carbocycles. The van der Waals surface area contributed by atoms with Crippen molar-refractivity contribution in [3.05, 3.63) is 12.2 Å². The lowest BCUT2D eigenvalue weighted by molar-refractivity contribution is -0.119. The number of rotatable bonds is 0. The van der Waals surface area contributed by atoms with Gasteiger partial charge in [0.25, 0.3) is 0 Å². The van der Waals surface area contributed by atoms with Gasteiger partial charge in [0.1, 0.15) is 0 Å². The van der Waals surface area contributed by atoms with Crippen molar-refractivity contribution in [2.24, 2.45) is 5.92 Å². The molecule has 0 bridgehead atoms. The smallest absolute Gasteiger partial charge is 0.220 e. The van der Waals surface area contributed by atoms with Crippen LogP contribution >= 0.6 is 0 Å². The van der Waals surface area contributed by atoms with E-state index in [-0.39, 0.29) is 5.91 Å². The number of carbonyl (C=O) groups is 1. The van der Waals surface area contributed by atoms with Gasteiger partial charge < -0.3 is 5.32 Å². The Morgan fingerprint density at radius 1 is 1.67 bits per heavy atom. The molecule has 1 aliphatic heterocycles. The molecule has 2 aliphatic rings. The molecular formula is C7H9NO. The van der Waals surface area contributed by atoms with Crippen molar-refractivity contribution in [2.45, 2.75) is 18.9 Å². The highest BCUT2D eigenvalue weighted by atomic mass is 16.2. The highest BCUT2D eigenvalue weighted by Crippen LogP contribution is 2.25. The second kappa shape index (κ2) is 1.59. The van der Waals surface area contributed by atoms with Crippen LogP contribution in [0.25, 0.3) is 0 Å². The van der Waals surface area contributed by atoms with Crippen molar-refractivity contribution in [1.29, 1.82) is 0 Å². The van der Waals surface area contributed by atoms with Crippen molar-refractivity contribution >= 4 is 5.91 Å². The van der Waals surface area contributed by atoms with Gasteiger partial charge in [-0.1, -0.05) is 12.2 Å². The lowest BCUT2D eigenvalue weighted by Gasteiger charge is -2.04. The zero-order valence-electron chi connectivity index (χ0n) is 5.13. The molecule has 0 aromatic heterocycles. The van der Waals surface area contributed by atoms with Gasteiger partial charge in [0.05, 0.1) is 0 Å². The molecule has 1 heterocycles. The normalized spacial score (nSPS) is 38.9. The van der Waals surface area contributed by atoms with E-state index in [9.17, 15) is 4.79 Å². The van der Waals surface area contributed by atoms with E-state index in [1.54, 1.807) is 0 Å². The number of nitrogens with one attached hydrogen (secondary N) is 1. The number of hydrogen-bond donors (Lipinski definition) is 1. The SMILES string of the molecule is O=C1CC2C=CCC2N1. The zero-order valence-corrected chi connectivity index (χ0v) is 5.13. The van der Waals surface area contributed by atoms with Crippen LogP contribution in [-0.4, -0.2) is 11.9 Å². The minimum Gasteiger partial charge on any atom is -0.352 e. The van der Waals surface area contributed by atoms with Crippen molar-refractivity contribution in [3.8, 4) is 0 Å². The molecule has 2 atom stereocenters. The van der Waals surface area contributed by atoms with Crippen LogP contribution in [0.2, 0.25) is 0 Å². The molecule has 9 heavy (non-hydrogen) atoms. The fourth-order valence-electron chi connectivity index (χ4n) is 1.56. The third kappa shape index (κ3) is 0.661. The average molecular weight is 123 g/mol. The van der Waals surface area contributed by atoms with Crippen molar-refractivity contribution in [2.75, 3.05) is 0 Å². The zero-order chi connectivity index (χ0) is 6.27. The molecule has 1 amide bonds. The summed E-state index contributed by atoms with van der Waals surface area (Å²) >= 11 is 0. The topological polar surface area (TPSA) is 29.1 Å². The van der Waals surface area contributed by atoms with Crippen molar-refractivity contribution in [3.63, 3.8) is 0 Å². The Labute approximate surface area is 53.9 Å². The first kappa shape index (κ1) is 5.03. The first-order chi connectivity index (χ1) is 4.36. The van der Waals surface area contributed by atoms with Crippen LogP contribution in [0.1, 0.15) is 12.8 Å². The van der Waals surface area contributed by atoms with Crippen LogP contribution < -0.4 is 5.32 Å². The molecule has 1 aliphatic carbocycles. The van der Waals surface area contributed by atoms with Gasteiger partial charge in [0.15, 0.2) is 0 Å². The molecule has 2 rings (SSSR count). The van der Waals surface area contributed by atoms with Gasteiger partial charge >= 0.3 is 0 Å². The predicted molar refractivity (Wildman–Crippen MR) is 33.8 cm³/mol. The van der Waals surface area contributed by atoms with E-state index in [0.29, 0.717) is 18.4 Å². The Kier molecular flexibility index (Phi) is 0.891. The highest BCUT2D eigenvalue weighted by molar-refractivity contribution is 5.79. The van der Waals surface area contributed by atoms with Gasteiger partial charge in [0.2, 0.25) is 5.91 Å². The summed E-state index contributed by atoms with van der Waals surface area (Å²) < 4.78 is 0. The van der Waals surface area contributed by atoms with E-state index in [1.165, 1.54) is 0 Å². The van der Waals surface area contributed by atoms with E-state index in [1.807, 2.05) is 0 Å². The lowest BCUT2D eigenvalue weighted by atomic mass is 10.1. The van der Waals surface area contributed by atoms with E-state index in [0.717, 1.165) is 6.42 Å². The largest absolute Gasteiger partial charge is 0.352 e. The maximum Gasteiger partial charge on any atom is 0.220 e. The fourth-order valence-corrected chi connectivity index (χ4v) is 1.56. The fraction of sp³-hybridized carbons (Fsp3) is 0.571. The van der Waals surface area contributed by atoms with E-state index in [2.05, 4.69) is 17.5 Å². The summed E-state index contributed by atoms with van der Waals surface area (Å²) in [5.74, 6) is 0.729. The van der Waals surface area contributed by atoms with Crippen LogP contribution in [0.4, 0.5) is 0 Å². The summed E-state index contributed by atoms with van der Waals surface area (Å²) in [7, 11) is 0. The first-order valence-electron chi connectivity index (χ1n) is 3.32. The first-order valence-corrected chi connectivity index (χ1v) is 3.32.